The van der Waals surface area contributed by atoms with Gasteiger partial charge in [0.15, 0.2) is 0 Å². The molecule has 0 atom stereocenters. The molecule has 0 saturated heterocycles. The number of para-hydroxylation sites is 1. The van der Waals surface area contributed by atoms with Gasteiger partial charge in [-0.05, 0) is 24.1 Å². The van der Waals surface area contributed by atoms with Crippen LogP contribution in [0.25, 0.3) is 5.69 Å². The fourth-order valence-corrected chi connectivity index (χ4v) is 2.54. The number of amides is 1. The lowest BCUT2D eigenvalue weighted by atomic mass is 9.93. The molecule has 1 aromatic carbocycles. The molecule has 0 radical (unpaired) electrons. The van der Waals surface area contributed by atoms with E-state index in [9.17, 15) is 9.18 Å². The highest BCUT2D eigenvalue weighted by molar-refractivity contribution is 5.90. The normalized spacial score (nSPS) is 11.8. The minimum Gasteiger partial charge on any atom is -0.338 e. The number of hydrogen-bond donors (Lipinski definition) is 1. The van der Waals surface area contributed by atoms with Crippen LogP contribution in [0.1, 0.15) is 50.1 Å². The van der Waals surface area contributed by atoms with Gasteiger partial charge >= 0.3 is 0 Å². The van der Waals surface area contributed by atoms with E-state index < -0.39 is 5.82 Å². The lowest BCUT2D eigenvalue weighted by Crippen LogP contribution is -2.40. The smallest absolute Gasteiger partial charge is 0.293 e. The van der Waals surface area contributed by atoms with Gasteiger partial charge in [0.1, 0.15) is 17.3 Å². The first-order valence-electron chi connectivity index (χ1n) is 8.33. The Balaban J connectivity index is 2.39. The number of benzene rings is 1. The molecule has 1 amide bonds. The quantitative estimate of drug-likeness (QED) is 0.871. The monoisotopic (exact) mass is 347 g/mol. The van der Waals surface area contributed by atoms with E-state index in [-0.39, 0.29) is 28.8 Å². The number of halogens is 1. The predicted molar refractivity (Wildman–Crippen MR) is 95.2 cm³/mol. The summed E-state index contributed by atoms with van der Waals surface area (Å²) in [7, 11) is 1.69. The highest BCUT2D eigenvalue weighted by Gasteiger charge is 2.26. The van der Waals surface area contributed by atoms with Crippen LogP contribution in [0.5, 0.6) is 0 Å². The van der Waals surface area contributed by atoms with E-state index in [1.807, 2.05) is 27.7 Å². The van der Waals surface area contributed by atoms with Crippen LogP contribution in [0.15, 0.2) is 24.3 Å². The van der Waals surface area contributed by atoms with E-state index in [1.54, 1.807) is 30.1 Å². The van der Waals surface area contributed by atoms with E-state index in [4.69, 9.17) is 5.73 Å². The molecule has 2 rings (SSSR count). The number of hydrogen-bond acceptors (Lipinski definition) is 4. The SMILES string of the molecule is CC(C)c1nc(C(=O)N(C)CC(C)(C)CN)nn1-c1ccccc1F. The molecule has 6 nitrogen and oxygen atoms in total. The van der Waals surface area contributed by atoms with Crippen LogP contribution < -0.4 is 5.73 Å². The van der Waals surface area contributed by atoms with Crippen LogP contribution >= 0.6 is 0 Å². The van der Waals surface area contributed by atoms with Gasteiger partial charge in [0, 0.05) is 19.5 Å². The van der Waals surface area contributed by atoms with Crippen molar-refractivity contribution in [3.63, 3.8) is 0 Å². The summed E-state index contributed by atoms with van der Waals surface area (Å²) in [4.78, 5) is 18.6. The highest BCUT2D eigenvalue weighted by Crippen LogP contribution is 2.21. The van der Waals surface area contributed by atoms with Crippen molar-refractivity contribution in [2.24, 2.45) is 11.1 Å². The standard InChI is InChI=1S/C18H26FN5O/c1-12(2)16-21-15(17(25)23(5)11-18(3,4)10-20)22-24(16)14-9-7-6-8-13(14)19/h6-9,12H,10-11,20H2,1-5H3. The molecule has 136 valence electrons. The van der Waals surface area contributed by atoms with Gasteiger partial charge in [0.2, 0.25) is 5.82 Å². The molecule has 0 unspecified atom stereocenters. The van der Waals surface area contributed by atoms with Crippen LogP contribution in [-0.4, -0.2) is 45.7 Å². The molecule has 1 aromatic heterocycles. The van der Waals surface area contributed by atoms with Gasteiger partial charge in [-0.3, -0.25) is 4.79 Å². The molecule has 0 aliphatic carbocycles. The molecular formula is C18H26FN5O. The molecule has 0 aliphatic heterocycles. The first kappa shape index (κ1) is 19.1. The molecule has 2 aromatic rings. The Kier molecular flexibility index (Phi) is 5.57. The van der Waals surface area contributed by atoms with Crippen LogP contribution in [0.2, 0.25) is 0 Å². The average Bonchev–Trinajstić information content (AvgIpc) is 2.99. The Morgan fingerprint density at radius 1 is 1.36 bits per heavy atom. The number of carbonyl (C=O) groups is 1. The maximum atomic E-state index is 14.2. The average molecular weight is 347 g/mol. The predicted octanol–water partition coefficient (Wildman–Crippen LogP) is 2.59. The first-order valence-corrected chi connectivity index (χ1v) is 8.33. The Bertz CT molecular complexity index is 754. The van der Waals surface area contributed by atoms with Crippen LogP contribution in [0.3, 0.4) is 0 Å². The third-order valence-corrected chi connectivity index (χ3v) is 3.98. The van der Waals surface area contributed by atoms with Gasteiger partial charge in [-0.15, -0.1) is 5.10 Å². The summed E-state index contributed by atoms with van der Waals surface area (Å²) in [5.74, 6) is -0.133. The zero-order chi connectivity index (χ0) is 18.8. The lowest BCUT2D eigenvalue weighted by Gasteiger charge is -2.28. The first-order chi connectivity index (χ1) is 11.7. The number of nitrogens with two attached hydrogens (primary N) is 1. The van der Waals surface area contributed by atoms with Crippen molar-refractivity contribution in [3.8, 4) is 5.69 Å². The fourth-order valence-electron chi connectivity index (χ4n) is 2.54. The Morgan fingerprint density at radius 3 is 2.56 bits per heavy atom. The summed E-state index contributed by atoms with van der Waals surface area (Å²) in [5.41, 5.74) is 5.81. The largest absolute Gasteiger partial charge is 0.338 e. The topological polar surface area (TPSA) is 77.0 Å². The summed E-state index contributed by atoms with van der Waals surface area (Å²) in [6.45, 7) is 8.77. The van der Waals surface area contributed by atoms with Gasteiger partial charge in [-0.2, -0.15) is 0 Å². The highest BCUT2D eigenvalue weighted by atomic mass is 19.1. The second-order valence-electron chi connectivity index (χ2n) is 7.34. The van der Waals surface area contributed by atoms with Crippen LogP contribution in [0.4, 0.5) is 4.39 Å². The van der Waals surface area contributed by atoms with Gasteiger partial charge in [0.05, 0.1) is 0 Å². The molecule has 0 fully saturated rings. The Morgan fingerprint density at radius 2 is 2.00 bits per heavy atom. The summed E-state index contributed by atoms with van der Waals surface area (Å²) < 4.78 is 15.6. The molecule has 7 heteroatoms. The van der Waals surface area contributed by atoms with E-state index in [0.29, 0.717) is 18.9 Å². The zero-order valence-electron chi connectivity index (χ0n) is 15.5. The number of aromatic nitrogens is 3. The lowest BCUT2D eigenvalue weighted by molar-refractivity contribution is 0.0728. The van der Waals surface area contributed by atoms with Crippen molar-refractivity contribution < 1.29 is 9.18 Å². The minimum atomic E-state index is -0.411. The van der Waals surface area contributed by atoms with Crippen molar-refractivity contribution in [1.82, 2.24) is 19.7 Å². The van der Waals surface area contributed by atoms with Crippen LogP contribution in [-0.2, 0) is 0 Å². The van der Waals surface area contributed by atoms with E-state index in [1.165, 1.54) is 10.7 Å². The Hall–Kier alpha value is -2.28. The third kappa shape index (κ3) is 4.22. The second kappa shape index (κ2) is 7.31. The van der Waals surface area contributed by atoms with Gasteiger partial charge in [-0.1, -0.05) is 39.8 Å². The maximum Gasteiger partial charge on any atom is 0.293 e. The van der Waals surface area contributed by atoms with E-state index in [0.717, 1.165) is 0 Å². The molecule has 0 spiro atoms. The maximum absolute atomic E-state index is 14.2. The molecular weight excluding hydrogens is 321 g/mol. The minimum absolute atomic E-state index is 0.0144. The van der Waals surface area contributed by atoms with Crippen LogP contribution in [0, 0.1) is 11.2 Å². The molecule has 1 heterocycles. The van der Waals surface area contributed by atoms with Crippen molar-refractivity contribution in [2.75, 3.05) is 20.1 Å². The van der Waals surface area contributed by atoms with E-state index in [2.05, 4.69) is 10.1 Å². The fraction of sp³-hybridized carbons (Fsp3) is 0.500. The summed E-state index contributed by atoms with van der Waals surface area (Å²) >= 11 is 0. The van der Waals surface area contributed by atoms with Gasteiger partial charge in [0.25, 0.3) is 5.91 Å². The van der Waals surface area contributed by atoms with Crippen molar-refractivity contribution in [3.05, 3.63) is 41.7 Å². The number of rotatable bonds is 6. The number of nitrogens with zero attached hydrogens (tertiary/aromatic N) is 4. The van der Waals surface area contributed by atoms with Crippen molar-refractivity contribution >= 4 is 5.91 Å². The van der Waals surface area contributed by atoms with Gasteiger partial charge in [-0.25, -0.2) is 14.1 Å². The summed E-state index contributed by atoms with van der Waals surface area (Å²) in [6.07, 6.45) is 0. The molecule has 0 bridgehead atoms. The second-order valence-corrected chi connectivity index (χ2v) is 7.34. The van der Waals surface area contributed by atoms with Gasteiger partial charge < -0.3 is 10.6 Å². The van der Waals surface area contributed by atoms with E-state index >= 15 is 0 Å². The zero-order valence-corrected chi connectivity index (χ0v) is 15.5. The third-order valence-electron chi connectivity index (χ3n) is 3.98. The summed E-state index contributed by atoms with van der Waals surface area (Å²) in [5, 5.41) is 4.28. The van der Waals surface area contributed by atoms with Crippen molar-refractivity contribution in [2.45, 2.75) is 33.6 Å². The molecule has 0 aliphatic rings. The molecule has 0 saturated carbocycles. The number of carbonyl (C=O) groups excluding carboxylic acids is 1. The van der Waals surface area contributed by atoms with Crippen molar-refractivity contribution in [1.29, 1.82) is 0 Å². The summed E-state index contributed by atoms with van der Waals surface area (Å²) in [6, 6.07) is 6.31. The Labute approximate surface area is 147 Å². The molecule has 2 N–H and O–H groups in total. The molecule has 25 heavy (non-hydrogen) atoms.